The molecule has 0 saturated heterocycles. The molecule has 0 unspecified atom stereocenters. The number of hydrogen-bond donors (Lipinski definition) is 1. The van der Waals surface area contributed by atoms with Crippen molar-refractivity contribution < 1.29 is 60.8 Å². The van der Waals surface area contributed by atoms with E-state index < -0.39 is 29.2 Å². The van der Waals surface area contributed by atoms with Crippen molar-refractivity contribution in [1.29, 1.82) is 0 Å². The number of aliphatic hydroxyl groups is 1. The maximum absolute atomic E-state index is 13.9. The molecule has 6 aromatic rings. The summed E-state index contributed by atoms with van der Waals surface area (Å²) in [5.41, 5.74) is -1.24. The Hall–Kier alpha value is -4.74. The van der Waals surface area contributed by atoms with Crippen molar-refractivity contribution in [3.63, 3.8) is 0 Å². The summed E-state index contributed by atoms with van der Waals surface area (Å²) in [5.74, 6) is 0.409. The number of oxazole rings is 1. The Morgan fingerprint density at radius 2 is 1.48 bits per heavy atom. The van der Waals surface area contributed by atoms with Gasteiger partial charge in [0.15, 0.2) is 11.4 Å². The number of hydrogen-bond acceptors (Lipinski definition) is 5. The third-order valence-electron chi connectivity index (χ3n) is 8.58. The molecule has 13 heteroatoms. The fraction of sp³-hybridized carbons (Fsp3) is 0.256. The number of allylic oxidation sites excluding steroid dienone is 2. The maximum atomic E-state index is 13.9. The van der Waals surface area contributed by atoms with Crippen LogP contribution in [0.1, 0.15) is 68.6 Å². The molecule has 1 radical (unpaired) electrons. The van der Waals surface area contributed by atoms with Crippen LogP contribution in [0.5, 0.6) is 0 Å². The zero-order valence-corrected chi connectivity index (χ0v) is 30.3. The molecule has 2 heterocycles. The van der Waals surface area contributed by atoms with Crippen molar-refractivity contribution in [2.75, 3.05) is 0 Å². The van der Waals surface area contributed by atoms with E-state index in [4.69, 9.17) is 9.52 Å². The third-order valence-corrected chi connectivity index (χ3v) is 8.58. The summed E-state index contributed by atoms with van der Waals surface area (Å²) in [7, 11) is 0. The number of nitrogens with zero attached hydrogens (tertiary/aromatic N) is 3. The van der Waals surface area contributed by atoms with Crippen LogP contribution in [-0.4, -0.2) is 25.4 Å². The molecular formula is C39H32F6IrN3O3-. The maximum Gasteiger partial charge on any atom is 0.416 e. The minimum absolute atomic E-state index is 0. The van der Waals surface area contributed by atoms with Crippen molar-refractivity contribution in [2.45, 2.75) is 64.2 Å². The van der Waals surface area contributed by atoms with Crippen molar-refractivity contribution in [2.24, 2.45) is 0 Å². The van der Waals surface area contributed by atoms with Gasteiger partial charge in [-0.1, -0.05) is 66.6 Å². The van der Waals surface area contributed by atoms with Crippen LogP contribution in [0.25, 0.3) is 50.7 Å². The fourth-order valence-electron chi connectivity index (χ4n) is 6.39. The predicted molar refractivity (Wildman–Crippen MR) is 181 cm³/mol. The number of carbonyl (C=O) groups is 1. The molecule has 2 aromatic heterocycles. The second kappa shape index (κ2) is 15.5. The van der Waals surface area contributed by atoms with E-state index in [1.165, 1.54) is 24.5 Å². The minimum Gasteiger partial charge on any atom is -0.512 e. The number of carbonyl (C=O) groups excluding carboxylic acids is 1. The molecule has 0 bridgehead atoms. The van der Waals surface area contributed by atoms with E-state index in [0.717, 1.165) is 48.4 Å². The smallest absolute Gasteiger partial charge is 0.416 e. The standard InChI is InChI=1S/C34H24F6N3O.C5H8O2.Ir/c35-33(36,37)24-17-25(34(38,39)40)19-26(18-24)43-29(41-32-30(43)42-31(44-32)21-11-5-2-6-12-21)23-15-22-13-7-8-14-27(22)28(16-23)20-9-3-1-4-10-20;1-4(6)3-5(2)7;/h2,5-8,11-14,16-20H,1,3-4,9-10H2;3,6H,1-2H3;/q-1;;/b;4-3-;. The van der Waals surface area contributed by atoms with Crippen LogP contribution in [0.4, 0.5) is 26.3 Å². The zero-order chi connectivity index (χ0) is 36.5. The normalized spacial score (nSPS) is 14.2. The molecule has 1 fully saturated rings. The van der Waals surface area contributed by atoms with Crippen LogP contribution in [-0.2, 0) is 37.3 Å². The topological polar surface area (TPSA) is 81.1 Å². The first-order valence-electron chi connectivity index (χ1n) is 16.3. The Labute approximate surface area is 308 Å². The predicted octanol–water partition coefficient (Wildman–Crippen LogP) is 11.4. The number of alkyl halides is 6. The Bertz CT molecular complexity index is 2200. The molecule has 0 amide bonds. The van der Waals surface area contributed by atoms with Crippen molar-refractivity contribution in [1.82, 2.24) is 14.5 Å². The fourth-order valence-corrected chi connectivity index (χ4v) is 6.39. The SMILES string of the molecule is CC(=O)/C=C(/C)O.FC(F)(F)c1cc(-n2c(-c3[c-]c4ccccc4c(C4CCCCC4)c3)nc3oc(-c4ccccc4)nc32)cc(C(F)(F)F)c1.[Ir]. The molecule has 1 saturated carbocycles. The molecule has 7 rings (SSSR count). The number of fused-ring (bicyclic) bond motifs is 2. The van der Waals surface area contributed by atoms with Gasteiger partial charge in [-0.2, -0.15) is 31.3 Å². The molecule has 1 aliphatic carbocycles. The summed E-state index contributed by atoms with van der Waals surface area (Å²) < 4.78 is 90.8. The average Bonchev–Trinajstić information content (AvgIpc) is 3.66. The number of aliphatic hydroxyl groups excluding tert-OH is 1. The van der Waals surface area contributed by atoms with Crippen molar-refractivity contribution >= 4 is 27.9 Å². The summed E-state index contributed by atoms with van der Waals surface area (Å²) >= 11 is 0. The van der Waals surface area contributed by atoms with E-state index in [9.17, 15) is 31.1 Å². The van der Waals surface area contributed by atoms with E-state index in [1.54, 1.807) is 30.3 Å². The van der Waals surface area contributed by atoms with Gasteiger partial charge in [-0.25, -0.2) is 4.98 Å². The first-order chi connectivity index (χ1) is 24.2. The van der Waals surface area contributed by atoms with Gasteiger partial charge in [-0.3, -0.25) is 4.79 Å². The molecule has 1 N–H and O–H groups in total. The van der Waals surface area contributed by atoms with Crippen LogP contribution in [0.2, 0.25) is 0 Å². The Morgan fingerprint density at radius 1 is 0.865 bits per heavy atom. The second-order valence-corrected chi connectivity index (χ2v) is 12.5. The number of imidazole rings is 1. The summed E-state index contributed by atoms with van der Waals surface area (Å²) in [6, 6.07) is 23.2. The van der Waals surface area contributed by atoms with Crippen LogP contribution in [0.3, 0.4) is 0 Å². The van der Waals surface area contributed by atoms with E-state index >= 15 is 0 Å². The largest absolute Gasteiger partial charge is 0.512 e. The van der Waals surface area contributed by atoms with Gasteiger partial charge >= 0.3 is 12.4 Å². The average molecular weight is 897 g/mol. The van der Waals surface area contributed by atoms with Crippen molar-refractivity contribution in [3.05, 3.63) is 113 Å². The molecule has 0 aliphatic heterocycles. The van der Waals surface area contributed by atoms with Gasteiger partial charge in [0, 0.05) is 37.4 Å². The first-order valence-corrected chi connectivity index (χ1v) is 16.3. The zero-order valence-electron chi connectivity index (χ0n) is 27.9. The van der Waals surface area contributed by atoms with Crippen LogP contribution in [0.15, 0.2) is 95.1 Å². The Kier molecular flexibility index (Phi) is 11.5. The Morgan fingerprint density at radius 3 is 2.06 bits per heavy atom. The number of rotatable bonds is 5. The molecule has 1 aliphatic rings. The monoisotopic (exact) mass is 897 g/mol. The van der Waals surface area contributed by atoms with Crippen molar-refractivity contribution in [3.8, 4) is 28.5 Å². The molecule has 52 heavy (non-hydrogen) atoms. The van der Waals surface area contributed by atoms with Crippen LogP contribution < -0.4 is 0 Å². The van der Waals surface area contributed by atoms with E-state index in [-0.39, 0.29) is 66.7 Å². The summed E-state index contributed by atoms with van der Waals surface area (Å²) in [6.45, 7) is 2.85. The van der Waals surface area contributed by atoms with Gasteiger partial charge in [-0.15, -0.1) is 29.1 Å². The van der Waals surface area contributed by atoms with Gasteiger partial charge in [0.1, 0.15) is 0 Å². The molecule has 0 atom stereocenters. The molecule has 6 nitrogen and oxygen atoms in total. The summed E-state index contributed by atoms with van der Waals surface area (Å²) in [5, 5.41) is 10.1. The number of ketones is 1. The quantitative estimate of drug-likeness (QED) is 0.0807. The molecule has 273 valence electrons. The second-order valence-electron chi connectivity index (χ2n) is 12.5. The third kappa shape index (κ3) is 8.48. The van der Waals surface area contributed by atoms with E-state index in [2.05, 4.69) is 16.0 Å². The first kappa shape index (κ1) is 38.5. The van der Waals surface area contributed by atoms with Gasteiger partial charge < -0.3 is 14.1 Å². The van der Waals surface area contributed by atoms with Gasteiger partial charge in [0.25, 0.3) is 5.71 Å². The number of aromatic nitrogens is 3. The van der Waals surface area contributed by atoms with Gasteiger partial charge in [-0.05, 0) is 62.9 Å². The van der Waals surface area contributed by atoms with Crippen LogP contribution in [0, 0.1) is 6.07 Å². The molecule has 4 aromatic carbocycles. The van der Waals surface area contributed by atoms with E-state index in [1.807, 2.05) is 30.3 Å². The van der Waals surface area contributed by atoms with Gasteiger partial charge in [0.05, 0.1) is 22.7 Å². The summed E-state index contributed by atoms with van der Waals surface area (Å²) in [6.07, 6.45) is -3.64. The van der Waals surface area contributed by atoms with Gasteiger partial charge in [0.2, 0.25) is 5.89 Å². The number of benzene rings is 4. The summed E-state index contributed by atoms with van der Waals surface area (Å²) in [4.78, 5) is 19.2. The molecular weight excluding hydrogens is 865 g/mol. The van der Waals surface area contributed by atoms with Crippen LogP contribution >= 0.6 is 0 Å². The molecule has 0 spiro atoms. The van der Waals surface area contributed by atoms with E-state index in [0.29, 0.717) is 23.3 Å². The number of halogens is 6. The minimum atomic E-state index is -5.03. The Balaban J connectivity index is 0.000000596.